The van der Waals surface area contributed by atoms with Gasteiger partial charge in [0.1, 0.15) is 0 Å². The summed E-state index contributed by atoms with van der Waals surface area (Å²) < 4.78 is 26.1. The molecule has 0 bridgehead atoms. The molecule has 1 saturated heterocycles. The van der Waals surface area contributed by atoms with Crippen LogP contribution < -0.4 is 4.31 Å². The maximum atomic E-state index is 13.3. The van der Waals surface area contributed by atoms with E-state index >= 15 is 0 Å². The normalized spacial score (nSPS) is 17.4. The highest BCUT2D eigenvalue weighted by Gasteiger charge is 2.50. The summed E-state index contributed by atoms with van der Waals surface area (Å²) in [4.78, 5) is 27.7. The Morgan fingerprint density at radius 1 is 1.17 bits per heavy atom. The summed E-state index contributed by atoms with van der Waals surface area (Å²) in [6.07, 6.45) is 0. The molecule has 3 rings (SSSR count). The zero-order valence-electron chi connectivity index (χ0n) is 17.4. The lowest BCUT2D eigenvalue weighted by Gasteiger charge is -2.28. The number of benzene rings is 2. The van der Waals surface area contributed by atoms with Crippen molar-refractivity contribution in [1.29, 1.82) is 0 Å². The molecule has 8 heteroatoms. The lowest BCUT2D eigenvalue weighted by Crippen LogP contribution is -2.37. The molecular formula is C22H25ClN2O4S. The van der Waals surface area contributed by atoms with Crippen LogP contribution >= 0.6 is 11.6 Å². The molecule has 0 aliphatic carbocycles. The number of carbonyl (C=O) groups excluding carboxylic acids is 2. The standard InChI is InChI=1S/C22H25ClN2O4S/c1-15(2)24(13-16-8-6-5-7-9-16)20(26)17-10-11-18(23)19(12-17)25-21(27)22(3,4)14-30(25,28)29/h5-12,15H,13-14H2,1-4H3. The molecule has 160 valence electrons. The van der Waals surface area contributed by atoms with Crippen molar-refractivity contribution in [3.05, 3.63) is 64.7 Å². The van der Waals surface area contributed by atoms with E-state index in [1.165, 1.54) is 12.1 Å². The predicted molar refractivity (Wildman–Crippen MR) is 118 cm³/mol. The number of rotatable bonds is 5. The largest absolute Gasteiger partial charge is 0.332 e. The Labute approximate surface area is 182 Å². The molecule has 30 heavy (non-hydrogen) atoms. The molecule has 0 radical (unpaired) electrons. The second kappa shape index (κ2) is 8.04. The van der Waals surface area contributed by atoms with Gasteiger partial charge in [-0.25, -0.2) is 12.7 Å². The van der Waals surface area contributed by atoms with E-state index in [1.54, 1.807) is 24.8 Å². The van der Waals surface area contributed by atoms with Crippen LogP contribution in [0.3, 0.4) is 0 Å². The highest BCUT2D eigenvalue weighted by Crippen LogP contribution is 2.39. The van der Waals surface area contributed by atoms with Crippen LogP contribution in [-0.4, -0.2) is 36.9 Å². The van der Waals surface area contributed by atoms with Crippen LogP contribution in [0.15, 0.2) is 48.5 Å². The molecule has 0 spiro atoms. The maximum Gasteiger partial charge on any atom is 0.254 e. The van der Waals surface area contributed by atoms with Gasteiger partial charge in [-0.1, -0.05) is 41.9 Å². The quantitative estimate of drug-likeness (QED) is 0.690. The van der Waals surface area contributed by atoms with Crippen LogP contribution in [0.5, 0.6) is 0 Å². The molecular weight excluding hydrogens is 424 g/mol. The van der Waals surface area contributed by atoms with E-state index in [0.717, 1.165) is 9.87 Å². The fraction of sp³-hybridized carbons (Fsp3) is 0.364. The van der Waals surface area contributed by atoms with Gasteiger partial charge in [-0.3, -0.25) is 9.59 Å². The predicted octanol–water partition coefficient (Wildman–Crippen LogP) is 4.09. The fourth-order valence-electron chi connectivity index (χ4n) is 3.48. The number of sulfonamides is 1. The molecule has 0 unspecified atom stereocenters. The SMILES string of the molecule is CC(C)N(Cc1ccccc1)C(=O)c1ccc(Cl)c(N2C(=O)C(C)(C)CS2(=O)=O)c1. The Morgan fingerprint density at radius 3 is 2.33 bits per heavy atom. The Kier molecular flexibility index (Phi) is 5.98. The molecule has 0 atom stereocenters. The summed E-state index contributed by atoms with van der Waals surface area (Å²) in [6.45, 7) is 7.39. The van der Waals surface area contributed by atoms with Gasteiger partial charge in [-0.2, -0.15) is 0 Å². The first kappa shape index (κ1) is 22.3. The number of hydrogen-bond acceptors (Lipinski definition) is 4. The topological polar surface area (TPSA) is 74.8 Å². The van der Waals surface area contributed by atoms with Gasteiger partial charge in [0, 0.05) is 18.2 Å². The Morgan fingerprint density at radius 2 is 1.80 bits per heavy atom. The van der Waals surface area contributed by atoms with Gasteiger partial charge in [0.05, 0.1) is 21.9 Å². The zero-order valence-corrected chi connectivity index (χ0v) is 19.0. The highest BCUT2D eigenvalue weighted by molar-refractivity contribution is 7.94. The Hall–Kier alpha value is -2.38. The van der Waals surface area contributed by atoms with Crippen LogP contribution in [0.4, 0.5) is 5.69 Å². The van der Waals surface area contributed by atoms with E-state index in [4.69, 9.17) is 11.6 Å². The zero-order chi connectivity index (χ0) is 22.3. The van der Waals surface area contributed by atoms with E-state index in [2.05, 4.69) is 0 Å². The number of amides is 2. The summed E-state index contributed by atoms with van der Waals surface area (Å²) in [5, 5.41) is 0.0975. The third kappa shape index (κ3) is 4.23. The Bertz CT molecular complexity index is 1080. The van der Waals surface area contributed by atoms with Gasteiger partial charge >= 0.3 is 0 Å². The lowest BCUT2D eigenvalue weighted by atomic mass is 9.95. The van der Waals surface area contributed by atoms with Gasteiger partial charge in [0.15, 0.2) is 0 Å². The van der Waals surface area contributed by atoms with Crippen molar-refractivity contribution in [2.45, 2.75) is 40.3 Å². The fourth-order valence-corrected chi connectivity index (χ4v) is 5.85. The first-order chi connectivity index (χ1) is 13.9. The number of hydrogen-bond donors (Lipinski definition) is 0. The molecule has 2 aromatic carbocycles. The molecule has 0 N–H and O–H groups in total. The van der Waals surface area contributed by atoms with Gasteiger partial charge in [0.25, 0.3) is 5.91 Å². The van der Waals surface area contributed by atoms with Crippen LogP contribution in [-0.2, 0) is 21.4 Å². The monoisotopic (exact) mass is 448 g/mol. The number of anilines is 1. The van der Waals surface area contributed by atoms with Crippen LogP contribution in [0.25, 0.3) is 0 Å². The first-order valence-corrected chi connectivity index (χ1v) is 11.6. The second-order valence-corrected chi connectivity index (χ2v) is 10.6. The first-order valence-electron chi connectivity index (χ1n) is 9.66. The van der Waals surface area contributed by atoms with E-state index in [1.807, 2.05) is 44.2 Å². The maximum absolute atomic E-state index is 13.3. The van der Waals surface area contributed by atoms with Gasteiger partial charge < -0.3 is 4.90 Å². The molecule has 0 saturated carbocycles. The molecule has 2 amide bonds. The smallest absolute Gasteiger partial charge is 0.254 e. The number of nitrogens with zero attached hydrogens (tertiary/aromatic N) is 2. The van der Waals surface area contributed by atoms with Crippen molar-refractivity contribution in [1.82, 2.24) is 4.90 Å². The van der Waals surface area contributed by atoms with E-state index < -0.39 is 21.3 Å². The number of carbonyl (C=O) groups is 2. The molecule has 6 nitrogen and oxygen atoms in total. The highest BCUT2D eigenvalue weighted by atomic mass is 35.5. The summed E-state index contributed by atoms with van der Waals surface area (Å²) in [6, 6.07) is 13.9. The molecule has 1 aliphatic heterocycles. The average Bonchev–Trinajstić information content (AvgIpc) is 2.83. The van der Waals surface area contributed by atoms with E-state index in [-0.39, 0.29) is 34.0 Å². The van der Waals surface area contributed by atoms with Crippen molar-refractivity contribution < 1.29 is 18.0 Å². The van der Waals surface area contributed by atoms with Gasteiger partial charge in [-0.15, -0.1) is 0 Å². The molecule has 1 heterocycles. The van der Waals surface area contributed by atoms with Crippen molar-refractivity contribution in [3.8, 4) is 0 Å². The third-order valence-corrected chi connectivity index (χ3v) is 7.40. The second-order valence-electron chi connectivity index (χ2n) is 8.39. The van der Waals surface area contributed by atoms with Crippen molar-refractivity contribution >= 4 is 39.1 Å². The molecule has 1 aliphatic rings. The Balaban J connectivity index is 2.00. The molecule has 1 fully saturated rings. The summed E-state index contributed by atoms with van der Waals surface area (Å²) in [7, 11) is -3.87. The van der Waals surface area contributed by atoms with Crippen LogP contribution in [0, 0.1) is 5.41 Å². The van der Waals surface area contributed by atoms with Crippen LogP contribution in [0.2, 0.25) is 5.02 Å². The number of halogens is 1. The summed E-state index contributed by atoms with van der Waals surface area (Å²) in [5.74, 6) is -1.13. The van der Waals surface area contributed by atoms with Crippen LogP contribution in [0.1, 0.15) is 43.6 Å². The summed E-state index contributed by atoms with van der Waals surface area (Å²) in [5.41, 5.74) is 0.209. The lowest BCUT2D eigenvalue weighted by molar-refractivity contribution is -0.123. The summed E-state index contributed by atoms with van der Waals surface area (Å²) >= 11 is 6.26. The van der Waals surface area contributed by atoms with Crippen molar-refractivity contribution in [2.75, 3.05) is 10.1 Å². The van der Waals surface area contributed by atoms with E-state index in [0.29, 0.717) is 6.54 Å². The average molecular weight is 449 g/mol. The van der Waals surface area contributed by atoms with Gasteiger partial charge in [-0.05, 0) is 51.5 Å². The third-order valence-electron chi connectivity index (χ3n) is 5.08. The minimum absolute atomic E-state index is 0.0153. The van der Waals surface area contributed by atoms with E-state index in [9.17, 15) is 18.0 Å². The van der Waals surface area contributed by atoms with Gasteiger partial charge in [0.2, 0.25) is 15.9 Å². The van der Waals surface area contributed by atoms with Crippen molar-refractivity contribution in [3.63, 3.8) is 0 Å². The van der Waals surface area contributed by atoms with Crippen molar-refractivity contribution in [2.24, 2.45) is 5.41 Å². The minimum atomic E-state index is -3.87. The molecule has 2 aromatic rings. The minimum Gasteiger partial charge on any atom is -0.332 e. The molecule has 0 aromatic heterocycles.